The zero-order chi connectivity index (χ0) is 28.0. The number of nitrogens with zero attached hydrogens (tertiary/aromatic N) is 3. The van der Waals surface area contributed by atoms with Gasteiger partial charge < -0.3 is 15.5 Å². The highest BCUT2D eigenvalue weighted by Crippen LogP contribution is 2.26. The number of hydrogen-bond acceptors (Lipinski definition) is 5. The van der Waals surface area contributed by atoms with E-state index in [-0.39, 0.29) is 29.0 Å². The average Bonchev–Trinajstić information content (AvgIpc) is 2.99. The summed E-state index contributed by atoms with van der Waals surface area (Å²) in [6.45, 7) is 2.84. The van der Waals surface area contributed by atoms with Gasteiger partial charge in [-0.2, -0.15) is 5.26 Å². The fraction of sp³-hybridized carbons (Fsp3) is 0.375. The number of hydrogen-bond donors (Lipinski definition) is 2. The van der Waals surface area contributed by atoms with Crippen molar-refractivity contribution in [2.75, 3.05) is 26.2 Å². The van der Waals surface area contributed by atoms with Gasteiger partial charge in [0.25, 0.3) is 11.8 Å². The summed E-state index contributed by atoms with van der Waals surface area (Å²) in [6, 6.07) is 21.3. The minimum atomic E-state index is -0.440. The zero-order valence-corrected chi connectivity index (χ0v) is 22.5. The molecule has 0 aliphatic carbocycles. The van der Waals surface area contributed by atoms with E-state index < -0.39 is 5.54 Å². The number of benzene rings is 2. The molecule has 0 radical (unpaired) electrons. The van der Waals surface area contributed by atoms with Gasteiger partial charge in [0.15, 0.2) is 0 Å². The second-order valence-corrected chi connectivity index (χ2v) is 10.9. The van der Waals surface area contributed by atoms with Gasteiger partial charge in [-0.05, 0) is 105 Å². The lowest BCUT2D eigenvalue weighted by molar-refractivity contribution is 0.0684. The van der Waals surface area contributed by atoms with Gasteiger partial charge in [-0.15, -0.1) is 0 Å². The molecule has 5 rings (SSSR count). The predicted molar refractivity (Wildman–Crippen MR) is 150 cm³/mol. The Bertz CT molecular complexity index is 1370. The maximum Gasteiger partial charge on any atom is 0.272 e. The lowest BCUT2D eigenvalue weighted by Crippen LogP contribution is -2.56. The molecule has 1 aromatic heterocycles. The van der Waals surface area contributed by atoms with Crippen LogP contribution in [0.15, 0.2) is 66.7 Å². The molecule has 3 heterocycles. The van der Waals surface area contributed by atoms with Crippen LogP contribution in [0.4, 0.5) is 4.39 Å². The van der Waals surface area contributed by atoms with Gasteiger partial charge in [-0.25, -0.2) is 9.37 Å². The van der Waals surface area contributed by atoms with Crippen LogP contribution in [0.3, 0.4) is 0 Å². The first-order valence-electron chi connectivity index (χ1n) is 14.0. The molecule has 2 aromatic carbocycles. The lowest BCUT2D eigenvalue weighted by Gasteiger charge is -2.38. The largest absolute Gasteiger partial charge is 0.345 e. The van der Waals surface area contributed by atoms with Crippen molar-refractivity contribution in [1.29, 1.82) is 5.26 Å². The smallest absolute Gasteiger partial charge is 0.272 e. The molecule has 0 bridgehead atoms. The zero-order valence-electron chi connectivity index (χ0n) is 22.5. The van der Waals surface area contributed by atoms with Gasteiger partial charge in [0.05, 0.1) is 11.6 Å². The van der Waals surface area contributed by atoms with E-state index in [2.05, 4.69) is 21.7 Å². The Labute approximate surface area is 234 Å². The number of nitrogens with one attached hydrogen (secondary N) is 2. The summed E-state index contributed by atoms with van der Waals surface area (Å²) >= 11 is 0. The fourth-order valence-corrected chi connectivity index (χ4v) is 5.78. The highest BCUT2D eigenvalue weighted by Gasteiger charge is 2.34. The standard InChI is InChI=1S/C32H34FN5O2/c33-27-10-8-23(9-11-27)20-24-12-18-38(19-13-24)31(40)29-3-1-2-28(36-29)30(39)37-32(14-16-35-17-15-32)21-25-4-6-26(22-34)7-5-25/h1-11,24,35H,12-21H2,(H,37,39). The van der Waals surface area contributed by atoms with E-state index in [0.29, 0.717) is 31.0 Å². The molecule has 2 amide bonds. The molecule has 0 spiro atoms. The number of pyridine rings is 1. The second-order valence-electron chi connectivity index (χ2n) is 10.9. The summed E-state index contributed by atoms with van der Waals surface area (Å²) in [5, 5.41) is 15.7. The van der Waals surface area contributed by atoms with E-state index >= 15 is 0 Å². The first-order chi connectivity index (χ1) is 19.4. The van der Waals surface area contributed by atoms with Crippen LogP contribution in [0.1, 0.15) is 63.4 Å². The molecule has 0 saturated carbocycles. The van der Waals surface area contributed by atoms with Crippen molar-refractivity contribution in [2.24, 2.45) is 5.92 Å². The number of nitriles is 1. The van der Waals surface area contributed by atoms with Gasteiger partial charge in [0.2, 0.25) is 0 Å². The summed E-state index contributed by atoms with van der Waals surface area (Å²) in [5.74, 6) is -0.242. The molecule has 40 heavy (non-hydrogen) atoms. The van der Waals surface area contributed by atoms with Crippen molar-refractivity contribution >= 4 is 11.8 Å². The number of carbonyl (C=O) groups excluding carboxylic acids is 2. The molecule has 0 atom stereocenters. The summed E-state index contributed by atoms with van der Waals surface area (Å²) in [4.78, 5) is 33.0. The van der Waals surface area contributed by atoms with Crippen molar-refractivity contribution in [1.82, 2.24) is 20.5 Å². The third kappa shape index (κ3) is 6.72. The molecule has 2 aliphatic rings. The molecule has 7 nitrogen and oxygen atoms in total. The van der Waals surface area contributed by atoms with E-state index in [0.717, 1.165) is 56.3 Å². The number of rotatable bonds is 7. The van der Waals surface area contributed by atoms with Crippen molar-refractivity contribution in [2.45, 2.75) is 44.1 Å². The molecule has 2 saturated heterocycles. The van der Waals surface area contributed by atoms with E-state index in [4.69, 9.17) is 5.26 Å². The minimum Gasteiger partial charge on any atom is -0.345 e. The highest BCUT2D eigenvalue weighted by atomic mass is 19.1. The van der Waals surface area contributed by atoms with E-state index in [9.17, 15) is 14.0 Å². The van der Waals surface area contributed by atoms with Gasteiger partial charge in [0, 0.05) is 18.6 Å². The van der Waals surface area contributed by atoms with Crippen LogP contribution in [0.5, 0.6) is 0 Å². The molecule has 8 heteroatoms. The maximum absolute atomic E-state index is 13.4. The Hall–Kier alpha value is -4.09. The summed E-state index contributed by atoms with van der Waals surface area (Å²) in [7, 11) is 0. The van der Waals surface area contributed by atoms with Crippen LogP contribution in [-0.2, 0) is 12.8 Å². The third-order valence-corrected chi connectivity index (χ3v) is 8.11. The Balaban J connectivity index is 1.22. The molecule has 2 aliphatic heterocycles. The van der Waals surface area contributed by atoms with E-state index in [1.165, 1.54) is 12.1 Å². The number of piperidine rings is 2. The normalized spacial score (nSPS) is 17.1. The molecule has 2 fully saturated rings. The first-order valence-corrected chi connectivity index (χ1v) is 14.0. The van der Waals surface area contributed by atoms with Gasteiger partial charge in [-0.3, -0.25) is 9.59 Å². The number of halogens is 1. The monoisotopic (exact) mass is 539 g/mol. The Kier molecular flexibility index (Phi) is 8.51. The molecule has 0 unspecified atom stereocenters. The quantitative estimate of drug-likeness (QED) is 0.467. The number of likely N-dealkylation sites (tertiary alicyclic amines) is 1. The maximum atomic E-state index is 13.4. The number of aromatic nitrogens is 1. The number of amides is 2. The minimum absolute atomic E-state index is 0.163. The van der Waals surface area contributed by atoms with Crippen LogP contribution >= 0.6 is 0 Å². The Morgan fingerprint density at radius 1 is 0.975 bits per heavy atom. The van der Waals surface area contributed by atoms with Crippen LogP contribution in [0.2, 0.25) is 0 Å². The number of carbonyl (C=O) groups is 2. The Morgan fingerprint density at radius 3 is 2.30 bits per heavy atom. The van der Waals surface area contributed by atoms with E-state index in [1.54, 1.807) is 30.3 Å². The van der Waals surface area contributed by atoms with Gasteiger partial charge in [0.1, 0.15) is 17.2 Å². The van der Waals surface area contributed by atoms with Gasteiger partial charge >= 0.3 is 0 Å². The summed E-state index contributed by atoms with van der Waals surface area (Å²) in [5.41, 5.74) is 2.84. The topological polar surface area (TPSA) is 98.1 Å². The van der Waals surface area contributed by atoms with Crippen molar-refractivity contribution < 1.29 is 14.0 Å². The first kappa shape index (κ1) is 27.5. The molecular weight excluding hydrogens is 505 g/mol. The second kappa shape index (κ2) is 12.4. The molecule has 206 valence electrons. The fourth-order valence-electron chi connectivity index (χ4n) is 5.78. The average molecular weight is 540 g/mol. The van der Waals surface area contributed by atoms with Crippen molar-refractivity contribution in [3.63, 3.8) is 0 Å². The van der Waals surface area contributed by atoms with Crippen LogP contribution in [-0.4, -0.2) is 53.4 Å². The lowest BCUT2D eigenvalue weighted by atomic mass is 9.82. The predicted octanol–water partition coefficient (Wildman–Crippen LogP) is 4.28. The summed E-state index contributed by atoms with van der Waals surface area (Å²) in [6.07, 6.45) is 4.80. The van der Waals surface area contributed by atoms with Crippen LogP contribution < -0.4 is 10.6 Å². The SMILES string of the molecule is N#Cc1ccc(CC2(NC(=O)c3cccc(C(=O)N4CCC(Cc5ccc(F)cc5)CC4)n3)CCNCC2)cc1. The molecule has 3 aromatic rings. The van der Waals surface area contributed by atoms with Crippen molar-refractivity contribution in [3.8, 4) is 6.07 Å². The van der Waals surface area contributed by atoms with Crippen molar-refractivity contribution in [3.05, 3.63) is 101 Å². The third-order valence-electron chi connectivity index (χ3n) is 8.11. The Morgan fingerprint density at radius 2 is 1.62 bits per heavy atom. The molecule has 2 N–H and O–H groups in total. The van der Waals surface area contributed by atoms with E-state index in [1.807, 2.05) is 29.2 Å². The van der Waals surface area contributed by atoms with Gasteiger partial charge in [-0.1, -0.05) is 30.3 Å². The molecular formula is C32H34FN5O2. The van der Waals surface area contributed by atoms with Crippen LogP contribution in [0.25, 0.3) is 0 Å². The summed E-state index contributed by atoms with van der Waals surface area (Å²) < 4.78 is 13.2. The highest BCUT2D eigenvalue weighted by molar-refractivity contribution is 5.96. The van der Waals surface area contributed by atoms with Crippen LogP contribution in [0, 0.1) is 23.1 Å².